The predicted molar refractivity (Wildman–Crippen MR) is 230 cm³/mol. The van der Waals surface area contributed by atoms with Gasteiger partial charge < -0.3 is 4.42 Å². The normalized spacial score (nSPS) is 19.8. The Morgan fingerprint density at radius 2 is 0.926 bits per heavy atom. The molecule has 0 fully saturated rings. The van der Waals surface area contributed by atoms with E-state index in [2.05, 4.69) is 0 Å². The van der Waals surface area contributed by atoms with Gasteiger partial charge in [0.15, 0.2) is 0 Å². The number of fused-ring (bicyclic) bond motifs is 7. The van der Waals surface area contributed by atoms with Crippen LogP contribution in [0.15, 0.2) is 192 Å². The highest BCUT2D eigenvalue weighted by atomic mass is 16.3. The molecular formula is C53H34O. The van der Waals surface area contributed by atoms with Crippen molar-refractivity contribution in [2.24, 2.45) is 0 Å². The van der Waals surface area contributed by atoms with Crippen LogP contribution in [0, 0.1) is 6.92 Å². The SMILES string of the molecule is [2H]c1c([2H])c([2H])c(-c2c([2H])c([2H])c([2H])c3c2oc2c([2H])c([2H])c(-c4c([2H])c(C)c5c(-c6c7c([2H])c([2H])c([2H])c([2H])c7c(-c7c([2H])c([2H])c([2H])c8c([2H])c([2H])c([2H])c([2H])c78)c7c([2H])c([2H])c([2H])c([2H])c67)c([2H])c([2H])c([2H])c5c4[2H])c([2H])c23)c([2H])c1[2H]. The third kappa shape index (κ3) is 4.65. The summed E-state index contributed by atoms with van der Waals surface area (Å²) in [7, 11) is 0. The molecule has 0 atom stereocenters. The third-order valence-corrected chi connectivity index (χ3v) is 9.06. The van der Waals surface area contributed by atoms with Gasteiger partial charge in [-0.3, -0.25) is 0 Å². The van der Waals surface area contributed by atoms with E-state index in [0.717, 1.165) is 0 Å². The molecule has 0 aliphatic carbocycles. The molecule has 0 amide bonds. The Morgan fingerprint density at radius 1 is 0.370 bits per heavy atom. The number of hydrogen-bond acceptors (Lipinski definition) is 1. The first-order valence-electron chi connectivity index (χ1n) is 31.7. The number of benzene rings is 10. The van der Waals surface area contributed by atoms with Crippen molar-refractivity contribution < 1.29 is 46.9 Å². The number of rotatable bonds is 4. The lowest BCUT2D eigenvalue weighted by molar-refractivity contribution is 0.670. The lowest BCUT2D eigenvalue weighted by Gasteiger charge is -2.20. The number of furan rings is 1. The van der Waals surface area contributed by atoms with Crippen molar-refractivity contribution >= 4 is 65.0 Å². The van der Waals surface area contributed by atoms with E-state index in [0.29, 0.717) is 0 Å². The van der Waals surface area contributed by atoms with Gasteiger partial charge in [-0.15, -0.1) is 0 Å². The second kappa shape index (κ2) is 12.0. The average Bonchev–Trinajstić information content (AvgIpc) is 1.21. The summed E-state index contributed by atoms with van der Waals surface area (Å²) in [5.41, 5.74) is -7.05. The fraction of sp³-hybridized carbons (Fsp3) is 0.0189. The second-order valence-corrected chi connectivity index (χ2v) is 12.0. The summed E-state index contributed by atoms with van der Waals surface area (Å²) in [5.74, 6) is 0. The molecule has 0 unspecified atom stereocenters. The van der Waals surface area contributed by atoms with Gasteiger partial charge in [0.05, 0.1) is 42.5 Å². The smallest absolute Gasteiger partial charge is 0.143 e. The lowest BCUT2D eigenvalue weighted by atomic mass is 9.83. The maximum Gasteiger partial charge on any atom is 0.143 e. The van der Waals surface area contributed by atoms with Gasteiger partial charge in [0.2, 0.25) is 0 Å². The molecule has 11 rings (SSSR count). The standard InChI is InChI=1S/C53H34O/c1-33-30-38(36-28-29-49-48(32-36)46-26-13-24-40(53(46)54-49)35-14-3-2-4-15-35)31-37-18-12-27-47(50(33)37)52-44-22-9-7-20-42(44)51(43-21-8-10-23-45(43)52)41-25-11-17-34-16-5-6-19-39(34)41/h2-32H,1H3/i2D,3D,4D,5D,6D,7D,8D,9D,10D,11D,12D,13D,14D,15D,16D,17D,18D,19D,20D,21D,22D,23D,24D,25D,26D,27D,28D,29D,30D,31D,32D. The number of aryl methyl sites for hydroxylation is 1. The summed E-state index contributed by atoms with van der Waals surface area (Å²) in [6.45, 7) is 1.20. The van der Waals surface area contributed by atoms with Crippen molar-refractivity contribution in [3.05, 3.63) is 193 Å². The Hall–Kier alpha value is -6.96. The van der Waals surface area contributed by atoms with E-state index in [1.165, 1.54) is 6.92 Å². The first-order chi connectivity index (χ1) is 39.6. The molecule has 0 N–H and O–H groups in total. The fourth-order valence-electron chi connectivity index (χ4n) is 6.82. The van der Waals surface area contributed by atoms with Crippen LogP contribution < -0.4 is 0 Å². The average molecular weight is 718 g/mol. The van der Waals surface area contributed by atoms with Crippen molar-refractivity contribution in [2.45, 2.75) is 6.92 Å². The summed E-state index contributed by atoms with van der Waals surface area (Å²) in [5, 5.41) is -6.38. The molecule has 0 radical (unpaired) electrons. The maximum atomic E-state index is 9.91. The lowest BCUT2D eigenvalue weighted by Crippen LogP contribution is -1.93. The Kier molecular flexibility index (Phi) is 2.87. The summed E-state index contributed by atoms with van der Waals surface area (Å²) in [6, 6.07) is -28.4. The summed E-state index contributed by atoms with van der Waals surface area (Å²) in [6.07, 6.45) is 0. The Labute approximate surface area is 356 Å². The maximum absolute atomic E-state index is 9.91. The van der Waals surface area contributed by atoms with Gasteiger partial charge in [0.25, 0.3) is 0 Å². The molecule has 1 heterocycles. The van der Waals surface area contributed by atoms with Gasteiger partial charge in [-0.05, 0) is 113 Å². The monoisotopic (exact) mass is 717 g/mol. The molecule has 0 saturated carbocycles. The first kappa shape index (κ1) is 12.9. The zero-order valence-corrected chi connectivity index (χ0v) is 27.4. The van der Waals surface area contributed by atoms with Crippen LogP contribution in [0.1, 0.15) is 48.1 Å². The molecule has 0 aliphatic rings. The summed E-state index contributed by atoms with van der Waals surface area (Å²) < 4.78 is 288. The van der Waals surface area contributed by atoms with Gasteiger partial charge in [0, 0.05) is 16.3 Å². The predicted octanol–water partition coefficient (Wildman–Crippen LogP) is 15.2. The molecule has 0 bridgehead atoms. The van der Waals surface area contributed by atoms with Crippen LogP contribution in [0.5, 0.6) is 0 Å². The van der Waals surface area contributed by atoms with Crippen LogP contribution in [0.3, 0.4) is 0 Å². The summed E-state index contributed by atoms with van der Waals surface area (Å²) in [4.78, 5) is 0. The number of hydrogen-bond donors (Lipinski definition) is 0. The highest BCUT2D eigenvalue weighted by Crippen LogP contribution is 2.47. The highest BCUT2D eigenvalue weighted by molar-refractivity contribution is 6.25. The molecule has 0 aliphatic heterocycles. The van der Waals surface area contributed by atoms with Crippen LogP contribution in [-0.2, 0) is 0 Å². The van der Waals surface area contributed by atoms with Gasteiger partial charge in [-0.25, -0.2) is 0 Å². The van der Waals surface area contributed by atoms with Crippen molar-refractivity contribution in [2.75, 3.05) is 0 Å². The zero-order valence-electron chi connectivity index (χ0n) is 58.4. The van der Waals surface area contributed by atoms with Crippen molar-refractivity contribution in [1.82, 2.24) is 0 Å². The Bertz CT molecular complexity index is 4960. The summed E-state index contributed by atoms with van der Waals surface area (Å²) >= 11 is 0. The molecule has 0 spiro atoms. The van der Waals surface area contributed by atoms with Crippen LogP contribution in [0.25, 0.3) is 110 Å². The molecule has 0 saturated heterocycles. The molecule has 1 heteroatoms. The molecular weight excluding hydrogens is 653 g/mol. The van der Waals surface area contributed by atoms with E-state index in [1.807, 2.05) is 0 Å². The van der Waals surface area contributed by atoms with Crippen LogP contribution >= 0.6 is 0 Å². The van der Waals surface area contributed by atoms with E-state index in [9.17, 15) is 17.8 Å². The Balaban J connectivity index is 1.35. The van der Waals surface area contributed by atoms with Gasteiger partial charge in [-0.2, -0.15) is 0 Å². The molecule has 1 aromatic heterocycles. The molecule has 11 aromatic rings. The minimum atomic E-state index is -1.03. The van der Waals surface area contributed by atoms with Gasteiger partial charge >= 0.3 is 0 Å². The van der Waals surface area contributed by atoms with Crippen molar-refractivity contribution in [3.63, 3.8) is 0 Å². The highest BCUT2D eigenvalue weighted by Gasteiger charge is 2.20. The Morgan fingerprint density at radius 3 is 1.67 bits per heavy atom. The van der Waals surface area contributed by atoms with Crippen molar-refractivity contribution in [1.29, 1.82) is 0 Å². The zero-order chi connectivity index (χ0) is 62.7. The van der Waals surface area contributed by atoms with Crippen molar-refractivity contribution in [3.8, 4) is 44.5 Å². The van der Waals surface area contributed by atoms with E-state index in [1.54, 1.807) is 0 Å². The van der Waals surface area contributed by atoms with Crippen LogP contribution in [0.2, 0.25) is 0 Å². The van der Waals surface area contributed by atoms with E-state index < -0.39 is 297 Å². The first-order valence-corrected chi connectivity index (χ1v) is 16.2. The minimum absolute atomic E-state index is 0.371. The van der Waals surface area contributed by atoms with E-state index in [-0.39, 0.29) is 5.56 Å². The topological polar surface area (TPSA) is 13.1 Å². The minimum Gasteiger partial charge on any atom is -0.455 e. The van der Waals surface area contributed by atoms with Gasteiger partial charge in [-0.1, -0.05) is 169 Å². The van der Waals surface area contributed by atoms with E-state index >= 15 is 0 Å². The molecule has 252 valence electrons. The largest absolute Gasteiger partial charge is 0.455 e. The quantitative estimate of drug-likeness (QED) is 0.165. The van der Waals surface area contributed by atoms with Crippen LogP contribution in [-0.4, -0.2) is 0 Å². The van der Waals surface area contributed by atoms with Crippen LogP contribution in [0.4, 0.5) is 0 Å². The third-order valence-electron chi connectivity index (χ3n) is 9.06. The fourth-order valence-corrected chi connectivity index (χ4v) is 6.82. The van der Waals surface area contributed by atoms with E-state index in [4.69, 9.17) is 29.1 Å². The molecule has 1 nitrogen and oxygen atoms in total. The second-order valence-electron chi connectivity index (χ2n) is 12.0. The van der Waals surface area contributed by atoms with Gasteiger partial charge in [0.1, 0.15) is 11.2 Å². The number of para-hydroxylation sites is 1. The molecule has 10 aromatic carbocycles. The molecule has 54 heavy (non-hydrogen) atoms.